The van der Waals surface area contributed by atoms with Crippen molar-refractivity contribution < 1.29 is 14.3 Å². The van der Waals surface area contributed by atoms with E-state index in [0.29, 0.717) is 18.7 Å². The maximum Gasteiger partial charge on any atom is 0.252 e. The third-order valence-corrected chi connectivity index (χ3v) is 5.61. The Labute approximate surface area is 192 Å². The molecule has 174 valence electrons. The molecule has 0 spiro atoms. The molecule has 32 heavy (non-hydrogen) atoms. The lowest BCUT2D eigenvalue weighted by Gasteiger charge is -2.23. The first-order valence-corrected chi connectivity index (χ1v) is 11.4. The van der Waals surface area contributed by atoms with Crippen molar-refractivity contribution in [2.75, 3.05) is 26.2 Å². The summed E-state index contributed by atoms with van der Waals surface area (Å²) in [7, 11) is 0. The number of carbonyl (C=O) groups excluding carboxylic acids is 2. The molecule has 0 aliphatic rings. The topological polar surface area (TPSA) is 70.7 Å². The predicted octanol–water partition coefficient (Wildman–Crippen LogP) is 3.79. The van der Waals surface area contributed by atoms with Crippen LogP contribution >= 0.6 is 0 Å². The SMILES string of the molecule is CCN(CC)CCOc1ccccc1CNC(=O)C(NC(=O)c1ccccc1C)C(C)C. The Hall–Kier alpha value is -2.86. The molecule has 1 unspecified atom stereocenters. The summed E-state index contributed by atoms with van der Waals surface area (Å²) >= 11 is 0. The van der Waals surface area contributed by atoms with Gasteiger partial charge >= 0.3 is 0 Å². The molecule has 2 amide bonds. The van der Waals surface area contributed by atoms with Crippen molar-refractivity contribution in [3.05, 3.63) is 65.2 Å². The van der Waals surface area contributed by atoms with E-state index in [-0.39, 0.29) is 17.7 Å². The maximum absolute atomic E-state index is 12.9. The van der Waals surface area contributed by atoms with E-state index < -0.39 is 6.04 Å². The molecule has 0 heterocycles. The van der Waals surface area contributed by atoms with Crippen molar-refractivity contribution in [1.82, 2.24) is 15.5 Å². The van der Waals surface area contributed by atoms with Crippen LogP contribution in [0.1, 0.15) is 49.2 Å². The van der Waals surface area contributed by atoms with Gasteiger partial charge in [0.15, 0.2) is 0 Å². The molecule has 2 aromatic carbocycles. The lowest BCUT2D eigenvalue weighted by atomic mass is 10.0. The first kappa shape index (κ1) is 25.4. The summed E-state index contributed by atoms with van der Waals surface area (Å²) in [6, 6.07) is 14.5. The van der Waals surface area contributed by atoms with E-state index in [0.717, 1.165) is 36.5 Å². The fourth-order valence-corrected chi connectivity index (χ4v) is 3.49. The molecule has 0 saturated carbocycles. The van der Waals surface area contributed by atoms with Gasteiger partial charge in [0.05, 0.1) is 0 Å². The van der Waals surface area contributed by atoms with E-state index in [1.807, 2.05) is 63.2 Å². The molecule has 0 aliphatic carbocycles. The lowest BCUT2D eigenvalue weighted by Crippen LogP contribution is -2.49. The smallest absolute Gasteiger partial charge is 0.252 e. The van der Waals surface area contributed by atoms with Crippen LogP contribution in [-0.2, 0) is 11.3 Å². The Bertz CT molecular complexity index is 878. The van der Waals surface area contributed by atoms with Crippen LogP contribution in [0.25, 0.3) is 0 Å². The van der Waals surface area contributed by atoms with Gasteiger partial charge in [0.25, 0.3) is 5.91 Å². The van der Waals surface area contributed by atoms with Crippen LogP contribution in [0.2, 0.25) is 0 Å². The van der Waals surface area contributed by atoms with Crippen molar-refractivity contribution >= 4 is 11.8 Å². The number of hydrogen-bond donors (Lipinski definition) is 2. The molecule has 1 atom stereocenters. The fraction of sp³-hybridized carbons (Fsp3) is 0.462. The van der Waals surface area contributed by atoms with Crippen molar-refractivity contribution in [2.24, 2.45) is 5.92 Å². The standard InChI is InChI=1S/C26H37N3O3/c1-6-29(7-2)16-17-32-23-15-11-9-13-21(23)18-27-26(31)24(19(3)4)28-25(30)22-14-10-8-12-20(22)5/h8-15,19,24H,6-7,16-18H2,1-5H3,(H,27,31)(H,28,30). The van der Waals surface area contributed by atoms with Crippen LogP contribution in [0.5, 0.6) is 5.75 Å². The van der Waals surface area contributed by atoms with Crippen LogP contribution in [-0.4, -0.2) is 49.0 Å². The van der Waals surface area contributed by atoms with Gasteiger partial charge in [0, 0.05) is 24.2 Å². The van der Waals surface area contributed by atoms with Gasteiger partial charge in [-0.3, -0.25) is 9.59 Å². The number of nitrogens with one attached hydrogen (secondary N) is 2. The number of likely N-dealkylation sites (N-methyl/N-ethyl adjacent to an activating group) is 1. The summed E-state index contributed by atoms with van der Waals surface area (Å²) in [5, 5.41) is 5.87. The number of ether oxygens (including phenoxy) is 1. The number of para-hydroxylation sites is 1. The summed E-state index contributed by atoms with van der Waals surface area (Å²) in [4.78, 5) is 28.0. The second kappa shape index (κ2) is 12.9. The Morgan fingerprint density at radius 3 is 2.31 bits per heavy atom. The molecular weight excluding hydrogens is 402 g/mol. The molecule has 2 N–H and O–H groups in total. The molecule has 0 aromatic heterocycles. The first-order chi connectivity index (χ1) is 15.4. The zero-order chi connectivity index (χ0) is 23.5. The molecular formula is C26H37N3O3. The minimum atomic E-state index is -0.627. The molecule has 0 aliphatic heterocycles. The van der Waals surface area contributed by atoms with Crippen molar-refractivity contribution in [3.63, 3.8) is 0 Å². The zero-order valence-electron chi connectivity index (χ0n) is 20.0. The van der Waals surface area contributed by atoms with E-state index in [1.165, 1.54) is 0 Å². The van der Waals surface area contributed by atoms with Gasteiger partial charge in [-0.05, 0) is 43.6 Å². The first-order valence-electron chi connectivity index (χ1n) is 11.4. The zero-order valence-corrected chi connectivity index (χ0v) is 20.0. The monoisotopic (exact) mass is 439 g/mol. The van der Waals surface area contributed by atoms with E-state index in [4.69, 9.17) is 4.74 Å². The molecule has 0 saturated heterocycles. The average Bonchev–Trinajstić information content (AvgIpc) is 2.79. The van der Waals surface area contributed by atoms with Crippen LogP contribution in [0.3, 0.4) is 0 Å². The Morgan fingerprint density at radius 2 is 1.66 bits per heavy atom. The summed E-state index contributed by atoms with van der Waals surface area (Å²) in [6.45, 7) is 13.8. The summed E-state index contributed by atoms with van der Waals surface area (Å²) in [6.07, 6.45) is 0. The normalized spacial score (nSPS) is 12.0. The molecule has 0 fully saturated rings. The van der Waals surface area contributed by atoms with E-state index in [9.17, 15) is 9.59 Å². The van der Waals surface area contributed by atoms with Gasteiger partial charge in [0.1, 0.15) is 18.4 Å². The van der Waals surface area contributed by atoms with Gasteiger partial charge in [-0.25, -0.2) is 0 Å². The molecule has 6 heteroatoms. The second-order valence-corrected chi connectivity index (χ2v) is 8.21. The Balaban J connectivity index is 1.99. The molecule has 0 radical (unpaired) electrons. The highest BCUT2D eigenvalue weighted by Crippen LogP contribution is 2.18. The van der Waals surface area contributed by atoms with Crippen LogP contribution < -0.4 is 15.4 Å². The summed E-state index contributed by atoms with van der Waals surface area (Å²) in [5.74, 6) is 0.269. The molecule has 2 aromatic rings. The van der Waals surface area contributed by atoms with E-state index in [2.05, 4.69) is 29.4 Å². The number of rotatable bonds is 12. The third kappa shape index (κ3) is 7.38. The highest BCUT2D eigenvalue weighted by molar-refractivity contribution is 5.98. The number of aryl methyl sites for hydroxylation is 1. The number of hydrogen-bond acceptors (Lipinski definition) is 4. The number of amides is 2. The minimum absolute atomic E-state index is 0.0523. The van der Waals surface area contributed by atoms with Gasteiger partial charge in [-0.15, -0.1) is 0 Å². The number of benzene rings is 2. The van der Waals surface area contributed by atoms with Gasteiger partial charge in [0.2, 0.25) is 5.91 Å². The highest BCUT2D eigenvalue weighted by Gasteiger charge is 2.25. The number of carbonyl (C=O) groups is 2. The molecule has 6 nitrogen and oxygen atoms in total. The maximum atomic E-state index is 12.9. The average molecular weight is 440 g/mol. The summed E-state index contributed by atoms with van der Waals surface area (Å²) in [5.41, 5.74) is 2.37. The van der Waals surface area contributed by atoms with Gasteiger partial charge in [-0.1, -0.05) is 64.1 Å². The van der Waals surface area contributed by atoms with E-state index in [1.54, 1.807) is 6.07 Å². The Kier molecular flexibility index (Phi) is 10.2. The lowest BCUT2D eigenvalue weighted by molar-refractivity contribution is -0.124. The van der Waals surface area contributed by atoms with Crippen molar-refractivity contribution in [3.8, 4) is 5.75 Å². The predicted molar refractivity (Wildman–Crippen MR) is 129 cm³/mol. The quantitative estimate of drug-likeness (QED) is 0.528. The van der Waals surface area contributed by atoms with Crippen molar-refractivity contribution in [2.45, 2.75) is 47.2 Å². The fourth-order valence-electron chi connectivity index (χ4n) is 3.49. The van der Waals surface area contributed by atoms with Crippen molar-refractivity contribution in [1.29, 1.82) is 0 Å². The highest BCUT2D eigenvalue weighted by atomic mass is 16.5. The third-order valence-electron chi connectivity index (χ3n) is 5.61. The largest absolute Gasteiger partial charge is 0.492 e. The van der Waals surface area contributed by atoms with Crippen LogP contribution in [0.4, 0.5) is 0 Å². The summed E-state index contributed by atoms with van der Waals surface area (Å²) < 4.78 is 5.98. The number of nitrogens with zero attached hydrogens (tertiary/aromatic N) is 1. The Morgan fingerprint density at radius 1 is 1.00 bits per heavy atom. The van der Waals surface area contributed by atoms with Gasteiger partial charge < -0.3 is 20.3 Å². The molecule has 0 bridgehead atoms. The van der Waals surface area contributed by atoms with Gasteiger partial charge in [-0.2, -0.15) is 0 Å². The van der Waals surface area contributed by atoms with E-state index >= 15 is 0 Å². The second-order valence-electron chi connectivity index (χ2n) is 8.21. The van der Waals surface area contributed by atoms with Crippen LogP contribution in [0.15, 0.2) is 48.5 Å². The molecule has 2 rings (SSSR count). The van der Waals surface area contributed by atoms with Crippen LogP contribution in [0, 0.1) is 12.8 Å². The minimum Gasteiger partial charge on any atom is -0.492 e.